The van der Waals surface area contributed by atoms with Crippen LogP contribution in [-0.2, 0) is 4.79 Å². The number of likely N-dealkylation sites (N-methyl/N-ethyl adjacent to an activating group) is 1. The number of aromatic nitrogens is 2. The number of H-pyrrole nitrogens is 1. The van der Waals surface area contributed by atoms with E-state index < -0.39 is 0 Å². The fourth-order valence-corrected chi connectivity index (χ4v) is 3.43. The number of para-hydroxylation sites is 1. The Kier molecular flexibility index (Phi) is 5.61. The summed E-state index contributed by atoms with van der Waals surface area (Å²) in [6.07, 6.45) is 0. The zero-order valence-corrected chi connectivity index (χ0v) is 17.0. The van der Waals surface area contributed by atoms with Crippen molar-refractivity contribution in [1.82, 2.24) is 14.9 Å². The van der Waals surface area contributed by atoms with Gasteiger partial charge in [-0.1, -0.05) is 29.8 Å². The van der Waals surface area contributed by atoms with E-state index in [1.807, 2.05) is 57.8 Å². The summed E-state index contributed by atoms with van der Waals surface area (Å²) in [5.41, 5.74) is 4.59. The molecule has 0 saturated heterocycles. The molecular weight excluding hydrogens is 352 g/mol. The summed E-state index contributed by atoms with van der Waals surface area (Å²) >= 11 is 0. The molecule has 0 spiro atoms. The van der Waals surface area contributed by atoms with Crippen LogP contribution in [0.2, 0.25) is 0 Å². The third kappa shape index (κ3) is 4.12. The Labute approximate surface area is 164 Å². The van der Waals surface area contributed by atoms with Crippen molar-refractivity contribution in [1.29, 1.82) is 0 Å². The lowest BCUT2D eigenvalue weighted by Gasteiger charge is -2.24. The molecule has 6 heteroatoms. The minimum Gasteiger partial charge on any atom is -0.324 e. The molecule has 1 atom stereocenters. The van der Waals surface area contributed by atoms with Crippen LogP contribution in [0.15, 0.2) is 41.2 Å². The predicted molar refractivity (Wildman–Crippen MR) is 113 cm³/mol. The molecule has 0 aliphatic heterocycles. The van der Waals surface area contributed by atoms with E-state index in [0.717, 1.165) is 16.8 Å². The zero-order valence-electron chi connectivity index (χ0n) is 17.0. The number of hydrogen-bond acceptors (Lipinski definition) is 4. The Balaban J connectivity index is 1.75. The van der Waals surface area contributed by atoms with Crippen molar-refractivity contribution in [3.8, 4) is 0 Å². The van der Waals surface area contributed by atoms with Crippen LogP contribution in [0.4, 0.5) is 5.69 Å². The van der Waals surface area contributed by atoms with E-state index in [4.69, 9.17) is 0 Å². The Bertz CT molecular complexity index is 1060. The van der Waals surface area contributed by atoms with Gasteiger partial charge in [-0.25, -0.2) is 4.98 Å². The fourth-order valence-electron chi connectivity index (χ4n) is 3.43. The molecule has 0 aliphatic carbocycles. The molecule has 0 bridgehead atoms. The number of aryl methyl sites for hydroxylation is 3. The SMILES string of the molecule is Cc1cc(C)c(NC(=O)CN(C)[C@H](C)c2nc3ccccc3c(=O)[nH]2)c(C)c1. The van der Waals surface area contributed by atoms with E-state index in [1.54, 1.807) is 6.07 Å². The van der Waals surface area contributed by atoms with Crippen molar-refractivity contribution in [2.45, 2.75) is 33.7 Å². The largest absolute Gasteiger partial charge is 0.324 e. The molecule has 3 aromatic rings. The molecule has 3 rings (SSSR count). The Morgan fingerprint density at radius 3 is 2.50 bits per heavy atom. The van der Waals surface area contributed by atoms with Gasteiger partial charge in [-0.15, -0.1) is 0 Å². The van der Waals surface area contributed by atoms with Gasteiger partial charge in [-0.05, 0) is 58.0 Å². The minimum absolute atomic E-state index is 0.104. The lowest BCUT2D eigenvalue weighted by molar-refractivity contribution is -0.117. The number of nitrogens with zero attached hydrogens (tertiary/aromatic N) is 2. The van der Waals surface area contributed by atoms with Gasteiger partial charge in [-0.2, -0.15) is 0 Å². The van der Waals surface area contributed by atoms with Crippen molar-refractivity contribution in [2.24, 2.45) is 0 Å². The second kappa shape index (κ2) is 7.94. The molecule has 0 fully saturated rings. The average molecular weight is 378 g/mol. The van der Waals surface area contributed by atoms with Gasteiger partial charge in [0.2, 0.25) is 5.91 Å². The van der Waals surface area contributed by atoms with E-state index in [-0.39, 0.29) is 24.1 Å². The Morgan fingerprint density at radius 1 is 1.18 bits per heavy atom. The summed E-state index contributed by atoms with van der Waals surface area (Å²) in [5.74, 6) is 0.439. The Hall–Kier alpha value is -2.99. The molecule has 1 amide bonds. The van der Waals surface area contributed by atoms with E-state index in [9.17, 15) is 9.59 Å². The number of carbonyl (C=O) groups excluding carboxylic acids is 1. The first-order valence-electron chi connectivity index (χ1n) is 9.33. The summed E-state index contributed by atoms with van der Waals surface area (Å²) in [7, 11) is 1.84. The van der Waals surface area contributed by atoms with Crippen LogP contribution in [0.25, 0.3) is 10.9 Å². The van der Waals surface area contributed by atoms with Crippen LogP contribution >= 0.6 is 0 Å². The van der Waals surface area contributed by atoms with Crippen LogP contribution in [0, 0.1) is 20.8 Å². The number of hydrogen-bond donors (Lipinski definition) is 2. The van der Waals surface area contributed by atoms with Gasteiger partial charge >= 0.3 is 0 Å². The van der Waals surface area contributed by atoms with Crippen LogP contribution in [0.3, 0.4) is 0 Å². The average Bonchev–Trinajstić information content (AvgIpc) is 2.64. The molecule has 6 nitrogen and oxygen atoms in total. The van der Waals surface area contributed by atoms with Gasteiger partial charge in [-0.3, -0.25) is 14.5 Å². The molecule has 0 aliphatic rings. The fraction of sp³-hybridized carbons (Fsp3) is 0.318. The summed E-state index contributed by atoms with van der Waals surface area (Å²) in [6, 6.07) is 11.1. The smallest absolute Gasteiger partial charge is 0.258 e. The van der Waals surface area contributed by atoms with Crippen molar-refractivity contribution in [3.05, 3.63) is 69.3 Å². The molecule has 0 saturated carbocycles. The van der Waals surface area contributed by atoms with Crippen molar-refractivity contribution < 1.29 is 4.79 Å². The number of nitrogens with one attached hydrogen (secondary N) is 2. The number of fused-ring (bicyclic) bond motifs is 1. The second-order valence-electron chi connectivity index (χ2n) is 7.38. The lowest BCUT2D eigenvalue weighted by Crippen LogP contribution is -2.34. The maximum Gasteiger partial charge on any atom is 0.258 e. The summed E-state index contributed by atoms with van der Waals surface area (Å²) in [4.78, 5) is 34.1. The number of rotatable bonds is 5. The summed E-state index contributed by atoms with van der Waals surface area (Å²) < 4.78 is 0. The highest BCUT2D eigenvalue weighted by Gasteiger charge is 2.19. The first-order valence-corrected chi connectivity index (χ1v) is 9.33. The lowest BCUT2D eigenvalue weighted by atomic mass is 10.1. The quantitative estimate of drug-likeness (QED) is 0.712. The molecule has 28 heavy (non-hydrogen) atoms. The molecule has 0 unspecified atom stereocenters. The van der Waals surface area contributed by atoms with Crippen molar-refractivity contribution >= 4 is 22.5 Å². The molecule has 2 aromatic carbocycles. The highest BCUT2D eigenvalue weighted by atomic mass is 16.2. The van der Waals surface area contributed by atoms with Crippen LogP contribution in [0.5, 0.6) is 0 Å². The number of benzene rings is 2. The van der Waals surface area contributed by atoms with Gasteiger partial charge in [0.25, 0.3) is 5.56 Å². The summed E-state index contributed by atoms with van der Waals surface area (Å²) in [5, 5.41) is 3.57. The first-order chi connectivity index (χ1) is 13.3. The number of amides is 1. The van der Waals surface area contributed by atoms with Crippen molar-refractivity contribution in [2.75, 3.05) is 18.9 Å². The minimum atomic E-state index is -0.219. The van der Waals surface area contributed by atoms with Gasteiger partial charge < -0.3 is 10.3 Å². The van der Waals surface area contributed by atoms with E-state index in [1.165, 1.54) is 5.56 Å². The van der Waals surface area contributed by atoms with Gasteiger partial charge in [0.05, 0.1) is 23.5 Å². The molecule has 2 N–H and O–H groups in total. The molecule has 146 valence electrons. The predicted octanol–water partition coefficient (Wildman–Crippen LogP) is 3.48. The van der Waals surface area contributed by atoms with Gasteiger partial charge in [0.1, 0.15) is 5.82 Å². The highest BCUT2D eigenvalue weighted by Crippen LogP contribution is 2.22. The van der Waals surface area contributed by atoms with Crippen molar-refractivity contribution in [3.63, 3.8) is 0 Å². The normalized spacial score (nSPS) is 12.4. The number of anilines is 1. The first kappa shape index (κ1) is 19.8. The van der Waals surface area contributed by atoms with E-state index in [0.29, 0.717) is 16.7 Å². The monoisotopic (exact) mass is 378 g/mol. The van der Waals surface area contributed by atoms with Crippen LogP contribution in [0.1, 0.15) is 35.5 Å². The van der Waals surface area contributed by atoms with Gasteiger partial charge in [0.15, 0.2) is 0 Å². The standard InChI is InChI=1S/C22H26N4O2/c1-13-10-14(2)20(15(3)11-13)24-19(27)12-26(5)16(4)21-23-18-9-7-6-8-17(18)22(28)25-21/h6-11,16H,12H2,1-5H3,(H,24,27)(H,23,25,28)/t16-/m1/s1. The maximum absolute atomic E-state index is 12.6. The third-order valence-electron chi connectivity index (χ3n) is 5.02. The van der Waals surface area contributed by atoms with Crippen LogP contribution < -0.4 is 10.9 Å². The second-order valence-corrected chi connectivity index (χ2v) is 7.38. The Morgan fingerprint density at radius 2 is 1.82 bits per heavy atom. The summed E-state index contributed by atoms with van der Waals surface area (Å²) in [6.45, 7) is 8.13. The van der Waals surface area contributed by atoms with E-state index >= 15 is 0 Å². The number of aromatic amines is 1. The molecule has 0 radical (unpaired) electrons. The highest BCUT2D eigenvalue weighted by molar-refractivity contribution is 5.93. The molecule has 1 aromatic heterocycles. The van der Waals surface area contributed by atoms with Crippen LogP contribution in [-0.4, -0.2) is 34.4 Å². The zero-order chi connectivity index (χ0) is 20.4. The number of carbonyl (C=O) groups is 1. The van der Waals surface area contributed by atoms with E-state index in [2.05, 4.69) is 27.4 Å². The van der Waals surface area contributed by atoms with Gasteiger partial charge in [0, 0.05) is 5.69 Å². The topological polar surface area (TPSA) is 78.1 Å². The maximum atomic E-state index is 12.6. The third-order valence-corrected chi connectivity index (χ3v) is 5.02. The molecule has 1 heterocycles. The molecular formula is C22H26N4O2.